The molecular formula is C29H35N3O2S. The minimum absolute atomic E-state index is 0.0795. The molecule has 2 aliphatic heterocycles. The Hall–Kier alpha value is -2.99. The number of carbonyl (C=O) groups excluding carboxylic acids is 2. The maximum Gasteiger partial charge on any atom is 0.270 e. The Kier molecular flexibility index (Phi) is 6.62. The van der Waals surface area contributed by atoms with Gasteiger partial charge in [-0.3, -0.25) is 19.8 Å². The number of fused-ring (bicyclic) bond motifs is 1. The summed E-state index contributed by atoms with van der Waals surface area (Å²) in [5.41, 5.74) is 7.33. The number of hydrogen-bond donors (Lipinski definition) is 1. The first-order chi connectivity index (χ1) is 16.4. The van der Waals surface area contributed by atoms with Gasteiger partial charge >= 0.3 is 0 Å². The lowest BCUT2D eigenvalue weighted by Gasteiger charge is -2.48. The van der Waals surface area contributed by atoms with Crippen LogP contribution >= 0.6 is 12.2 Å². The summed E-state index contributed by atoms with van der Waals surface area (Å²) in [5, 5.41) is 2.83. The average molecular weight is 490 g/mol. The van der Waals surface area contributed by atoms with Gasteiger partial charge in [0.25, 0.3) is 11.8 Å². The van der Waals surface area contributed by atoms with Crippen LogP contribution < -0.4 is 15.1 Å². The van der Waals surface area contributed by atoms with Crippen LogP contribution in [-0.4, -0.2) is 29.0 Å². The van der Waals surface area contributed by atoms with Gasteiger partial charge < -0.3 is 4.90 Å². The number of benzene rings is 2. The molecule has 0 spiro atoms. The summed E-state index contributed by atoms with van der Waals surface area (Å²) in [6.45, 7) is 16.1. The topological polar surface area (TPSA) is 52.7 Å². The molecule has 5 nitrogen and oxygen atoms in total. The van der Waals surface area contributed by atoms with Crippen LogP contribution in [-0.2, 0) is 9.59 Å². The molecule has 0 aromatic heterocycles. The summed E-state index contributed by atoms with van der Waals surface area (Å²) in [7, 11) is 0. The fourth-order valence-electron chi connectivity index (χ4n) is 5.54. The molecule has 1 unspecified atom stereocenters. The van der Waals surface area contributed by atoms with Crippen molar-refractivity contribution >= 4 is 46.6 Å². The number of aryl methyl sites for hydroxylation is 3. The van der Waals surface area contributed by atoms with Gasteiger partial charge in [0.15, 0.2) is 5.11 Å². The third kappa shape index (κ3) is 4.52. The van der Waals surface area contributed by atoms with Gasteiger partial charge in [0.1, 0.15) is 5.57 Å². The first-order valence-electron chi connectivity index (χ1n) is 12.4. The molecule has 2 aliphatic rings. The molecule has 184 valence electrons. The lowest BCUT2D eigenvalue weighted by atomic mass is 9.78. The summed E-state index contributed by atoms with van der Waals surface area (Å²) in [4.78, 5) is 30.4. The number of nitrogens with one attached hydrogen (secondary N) is 1. The van der Waals surface area contributed by atoms with E-state index in [1.807, 2.05) is 39.0 Å². The first-order valence-corrected chi connectivity index (χ1v) is 12.8. The van der Waals surface area contributed by atoms with Gasteiger partial charge in [0, 0.05) is 17.8 Å². The minimum Gasteiger partial charge on any atom is -0.366 e. The molecule has 0 radical (unpaired) electrons. The van der Waals surface area contributed by atoms with Crippen molar-refractivity contribution in [3.05, 3.63) is 63.7 Å². The van der Waals surface area contributed by atoms with Crippen molar-refractivity contribution in [2.45, 2.75) is 72.8 Å². The molecule has 4 rings (SSSR count). The second-order valence-electron chi connectivity index (χ2n) is 10.6. The molecule has 1 N–H and O–H groups in total. The van der Waals surface area contributed by atoms with E-state index in [1.54, 1.807) is 6.08 Å². The summed E-state index contributed by atoms with van der Waals surface area (Å²) >= 11 is 5.39. The van der Waals surface area contributed by atoms with Crippen LogP contribution in [0.2, 0.25) is 0 Å². The van der Waals surface area contributed by atoms with Gasteiger partial charge in [0.2, 0.25) is 0 Å². The molecule has 1 fully saturated rings. The van der Waals surface area contributed by atoms with Crippen LogP contribution in [0.15, 0.2) is 35.9 Å². The van der Waals surface area contributed by atoms with Gasteiger partial charge in [-0.2, -0.15) is 0 Å². The lowest BCUT2D eigenvalue weighted by molar-refractivity contribution is -0.122. The lowest BCUT2D eigenvalue weighted by Crippen LogP contribution is -2.54. The van der Waals surface area contributed by atoms with Crippen molar-refractivity contribution in [3.63, 3.8) is 0 Å². The SMILES string of the molecule is CCCN1c2cc(C)c(/C=C3/C(=O)NC(=S)N(c4ccc(C)cc4C)C3=O)cc2C(C)CC1(C)C. The largest absolute Gasteiger partial charge is 0.366 e. The zero-order valence-corrected chi connectivity index (χ0v) is 22.6. The van der Waals surface area contributed by atoms with Gasteiger partial charge in [-0.15, -0.1) is 0 Å². The zero-order valence-electron chi connectivity index (χ0n) is 21.8. The fraction of sp³-hybridized carbons (Fsp3) is 0.414. The fourth-order valence-corrected chi connectivity index (χ4v) is 5.82. The van der Waals surface area contributed by atoms with E-state index in [-0.39, 0.29) is 16.2 Å². The molecule has 0 bridgehead atoms. The Morgan fingerprint density at radius 2 is 1.80 bits per heavy atom. The molecular weight excluding hydrogens is 454 g/mol. The van der Waals surface area contributed by atoms with E-state index >= 15 is 0 Å². The van der Waals surface area contributed by atoms with Crippen LogP contribution in [0.5, 0.6) is 0 Å². The van der Waals surface area contributed by atoms with Crippen LogP contribution in [0.3, 0.4) is 0 Å². The standard InChI is InChI=1S/C29H35N3O2S/c1-8-11-31-25-13-18(3)21(14-22(25)20(5)16-29(31,6)7)15-23-26(33)30-28(35)32(27(23)34)24-10-9-17(2)12-19(24)4/h9-10,12-15,20H,8,11,16H2,1-7H3,(H,30,33,35)/b23-15-. The summed E-state index contributed by atoms with van der Waals surface area (Å²) < 4.78 is 0. The molecule has 2 aromatic rings. The Morgan fingerprint density at radius 3 is 2.46 bits per heavy atom. The highest BCUT2D eigenvalue weighted by Crippen LogP contribution is 2.44. The predicted molar refractivity (Wildman–Crippen MR) is 148 cm³/mol. The second kappa shape index (κ2) is 9.23. The second-order valence-corrected chi connectivity index (χ2v) is 11.0. The molecule has 2 heterocycles. The van der Waals surface area contributed by atoms with Crippen LogP contribution in [0.4, 0.5) is 11.4 Å². The average Bonchev–Trinajstić information content (AvgIpc) is 2.75. The van der Waals surface area contributed by atoms with Crippen molar-refractivity contribution in [3.8, 4) is 0 Å². The number of hydrogen-bond acceptors (Lipinski definition) is 4. The van der Waals surface area contributed by atoms with Crippen molar-refractivity contribution in [1.29, 1.82) is 0 Å². The van der Waals surface area contributed by atoms with E-state index in [2.05, 4.69) is 50.0 Å². The van der Waals surface area contributed by atoms with Gasteiger partial charge in [0.05, 0.1) is 5.69 Å². The smallest absolute Gasteiger partial charge is 0.270 e. The Balaban J connectivity index is 1.78. The summed E-state index contributed by atoms with van der Waals surface area (Å²) in [6.07, 6.45) is 3.85. The number of carbonyl (C=O) groups is 2. The van der Waals surface area contributed by atoms with E-state index < -0.39 is 11.8 Å². The van der Waals surface area contributed by atoms with Crippen molar-refractivity contribution in [2.75, 3.05) is 16.3 Å². The third-order valence-electron chi connectivity index (χ3n) is 7.22. The van der Waals surface area contributed by atoms with E-state index in [9.17, 15) is 9.59 Å². The van der Waals surface area contributed by atoms with Gasteiger partial charge in [-0.05, 0) is 112 Å². The monoisotopic (exact) mass is 489 g/mol. The van der Waals surface area contributed by atoms with E-state index in [0.29, 0.717) is 11.6 Å². The highest BCUT2D eigenvalue weighted by Gasteiger charge is 2.37. The maximum atomic E-state index is 13.6. The number of nitrogens with zero attached hydrogens (tertiary/aromatic N) is 2. The maximum absolute atomic E-state index is 13.6. The number of amides is 2. The highest BCUT2D eigenvalue weighted by molar-refractivity contribution is 7.80. The third-order valence-corrected chi connectivity index (χ3v) is 7.50. The molecule has 1 atom stereocenters. The van der Waals surface area contributed by atoms with Crippen molar-refractivity contribution < 1.29 is 9.59 Å². The van der Waals surface area contributed by atoms with Crippen LogP contribution in [0, 0.1) is 20.8 Å². The van der Waals surface area contributed by atoms with Crippen molar-refractivity contribution in [2.24, 2.45) is 0 Å². The van der Waals surface area contributed by atoms with E-state index in [4.69, 9.17) is 12.2 Å². The highest BCUT2D eigenvalue weighted by atomic mass is 32.1. The molecule has 1 saturated heterocycles. The van der Waals surface area contributed by atoms with E-state index in [1.165, 1.54) is 16.2 Å². The van der Waals surface area contributed by atoms with Crippen molar-refractivity contribution in [1.82, 2.24) is 5.32 Å². The normalized spacial score (nSPS) is 20.8. The van der Waals surface area contributed by atoms with Crippen LogP contribution in [0.1, 0.15) is 74.3 Å². The number of thiocarbonyl (C=S) groups is 1. The van der Waals surface area contributed by atoms with Gasteiger partial charge in [-0.1, -0.05) is 31.5 Å². The molecule has 0 saturated carbocycles. The predicted octanol–water partition coefficient (Wildman–Crippen LogP) is 5.95. The first kappa shape index (κ1) is 25.1. The molecule has 35 heavy (non-hydrogen) atoms. The molecule has 2 aromatic carbocycles. The zero-order chi connectivity index (χ0) is 25.7. The van der Waals surface area contributed by atoms with E-state index in [0.717, 1.165) is 41.6 Å². The number of anilines is 2. The number of rotatable bonds is 4. The molecule has 0 aliphatic carbocycles. The molecule has 2 amide bonds. The van der Waals surface area contributed by atoms with Gasteiger partial charge in [-0.25, -0.2) is 0 Å². The Morgan fingerprint density at radius 1 is 1.09 bits per heavy atom. The summed E-state index contributed by atoms with van der Waals surface area (Å²) in [5.74, 6) is -0.481. The summed E-state index contributed by atoms with van der Waals surface area (Å²) in [6, 6.07) is 10.2. The minimum atomic E-state index is -0.458. The van der Waals surface area contributed by atoms with Crippen LogP contribution in [0.25, 0.3) is 6.08 Å². The Bertz CT molecular complexity index is 1260. The Labute approximate surface area is 214 Å². The molecule has 6 heteroatoms. The quantitative estimate of drug-likeness (QED) is 0.328.